The molecule has 0 aromatic rings. The topological polar surface area (TPSA) is 439 Å². The third-order valence-electron chi connectivity index (χ3n) is 0. The van der Waals surface area contributed by atoms with E-state index in [9.17, 15) is 0 Å². The van der Waals surface area contributed by atoms with E-state index in [0.717, 1.165) is 0 Å². The van der Waals surface area contributed by atoms with Gasteiger partial charge in [-0.05, 0) is 0 Å². The Morgan fingerprint density at radius 2 is 0.400 bits per heavy atom. The van der Waals surface area contributed by atoms with Gasteiger partial charge in [-0.2, -0.15) is 0 Å². The van der Waals surface area contributed by atoms with Gasteiger partial charge in [-0.1, -0.05) is 0 Å². The molecule has 0 rings (SSSR count). The Bertz CT molecular complexity index is 693. The molecule has 0 bridgehead atoms. The van der Waals surface area contributed by atoms with Crippen molar-refractivity contribution in [2.45, 2.75) is 0 Å². The normalized spacial score (nSPS) is 8.89. The molecule has 0 aliphatic heterocycles. The molecule has 0 saturated heterocycles. The zero-order valence-electron chi connectivity index (χ0n) is 15.5. The van der Waals surface area contributed by atoms with E-state index >= 15 is 0 Å². The van der Waals surface area contributed by atoms with Crippen LogP contribution in [0.4, 0.5) is 0 Å². The summed E-state index contributed by atoms with van der Waals surface area (Å²) >= 11 is -28.9. The Hall–Kier alpha value is 4.26. The molecule has 0 atom stereocenters. The first kappa shape index (κ1) is 83.3. The Kier molecular flexibility index (Phi) is 102. The summed E-state index contributed by atoms with van der Waals surface area (Å²) in [4.78, 5) is 0. The number of rotatable bonds is 0. The van der Waals surface area contributed by atoms with E-state index < -0.39 is 81.8 Å². The molecule has 0 heterocycles. The number of hydrogen-bond acceptors (Lipinski definition) is 21. The predicted molar refractivity (Wildman–Crippen MR) is 9.77 cm³/mol. The predicted octanol–water partition coefficient (Wildman–Crippen LogP) is -22.8. The monoisotopic (exact) mass is 941 g/mol. The summed E-state index contributed by atoms with van der Waals surface area (Å²) in [5.41, 5.74) is 0. The Morgan fingerprint density at radius 1 is 0.400 bits per heavy atom. The van der Waals surface area contributed by atoms with Gasteiger partial charge in [-0.25, -0.2) is 0 Å². The molecule has 22 nitrogen and oxygen atoms in total. The van der Waals surface area contributed by atoms with Crippen LogP contribution in [0.15, 0.2) is 0 Å². The molecular weight excluding hydrogens is 942 g/mol. The van der Waals surface area contributed by atoms with Crippen LogP contribution in [0.5, 0.6) is 0 Å². The summed E-state index contributed by atoms with van der Waals surface area (Å²) in [5.74, 6) is 0. The summed E-state index contributed by atoms with van der Waals surface area (Å²) in [6.07, 6.45) is 0. The summed E-state index contributed by atoms with van der Waals surface area (Å²) in [6.45, 7) is 0. The molecule has 0 aliphatic carbocycles. The van der Waals surface area contributed by atoms with Crippen molar-refractivity contribution in [2.24, 2.45) is 0 Å². The van der Waals surface area contributed by atoms with Crippen LogP contribution in [0.3, 0.4) is 0 Å². The van der Waals surface area contributed by atoms with E-state index in [1.54, 1.807) is 0 Å². The van der Waals surface area contributed by atoms with Crippen molar-refractivity contribution in [3.63, 3.8) is 0 Å². The Balaban J connectivity index is -0.0000000146. The second-order valence-corrected chi connectivity index (χ2v) is 8.04. The van der Waals surface area contributed by atoms with E-state index in [1.807, 2.05) is 0 Å². The molecule has 0 saturated carbocycles. The molecule has 0 aromatic heterocycles. The Morgan fingerprint density at radius 3 is 0.400 bits per heavy atom. The van der Waals surface area contributed by atoms with Gasteiger partial charge in [0.05, 0.1) is 0 Å². The third kappa shape index (κ3) is 2780. The molecular formula is HCo3Li3Mn5Ni2O22. The molecule has 0 fully saturated rings. The van der Waals surface area contributed by atoms with Crippen LogP contribution >= 0.6 is 0 Å². The second-order valence-electron chi connectivity index (χ2n) is 1.95. The maximum absolute atomic E-state index is 8.58. The van der Waals surface area contributed by atoms with Crippen LogP contribution in [0.2, 0.25) is 0 Å². The summed E-state index contributed by atoms with van der Waals surface area (Å²) in [5, 5.41) is 0. The van der Waals surface area contributed by atoms with Gasteiger partial charge in [0.25, 0.3) is 0 Å². The molecule has 218 valence electrons. The Labute approximate surface area is 288 Å². The van der Waals surface area contributed by atoms with Gasteiger partial charge in [-0.3, -0.25) is 0 Å². The SMILES string of the molecule is [Co+2].[Co+2].[Li+].[Li+].[Li+].[Ni+2].[Ni+2].[O]=[Co-][OH].[O]=[Mn](=[O])([O-])[O-].[O]=[Mn](=[O])([O-])[O-].[O]=[Mn](=[O])([O-])[O-].[O]=[Mn](=[O])([O-])[O-].[O]=[Mn](=[O])([O-])[O-]. The van der Waals surface area contributed by atoms with Gasteiger partial charge < -0.3 is 0 Å². The molecule has 2 radical (unpaired) electrons. The standard InChI is InChI=1S/3Co.3Li.5Mn.2Ni.H2O.21O/h;;;;;;;;;;;;;1H2;;;;;;;;;;;;;;;;;;;;;/q;2*+2;3*+1;;;;;;2*+2;;;;;;;;;;;;;10*-1/p-1. The van der Waals surface area contributed by atoms with E-state index in [1.165, 1.54) is 0 Å². The summed E-state index contributed by atoms with van der Waals surface area (Å²) in [6, 6.07) is 0. The van der Waals surface area contributed by atoms with E-state index in [2.05, 4.69) is 0 Å². The summed E-state index contributed by atoms with van der Waals surface area (Å²) in [7, 11) is 0. The van der Waals surface area contributed by atoms with Crippen molar-refractivity contribution in [3.8, 4) is 0 Å². The van der Waals surface area contributed by atoms with Crippen LogP contribution < -0.4 is 98.5 Å². The zero-order valence-corrected chi connectivity index (χ0v) is 26.5. The quantitative estimate of drug-likeness (QED) is 0.220. The van der Waals surface area contributed by atoms with Gasteiger partial charge in [0.1, 0.15) is 0 Å². The summed E-state index contributed by atoms with van der Waals surface area (Å²) < 4.78 is 187. The molecule has 35 heteroatoms. The van der Waals surface area contributed by atoms with Crippen molar-refractivity contribution < 1.29 is 293 Å². The molecule has 0 aliphatic rings. The first-order chi connectivity index (χ1) is 11.4. The van der Waals surface area contributed by atoms with Gasteiger partial charge in [0, 0.05) is 0 Å². The first-order valence-corrected chi connectivity index (χ1v) is 13.9. The molecule has 1 N–H and O–H groups in total. The zero-order chi connectivity index (χ0) is 25.2. The van der Waals surface area contributed by atoms with Crippen LogP contribution in [0, 0.1) is 0 Å². The molecule has 0 unspecified atom stereocenters. The van der Waals surface area contributed by atoms with Gasteiger partial charge in [-0.15, -0.1) is 0 Å². The van der Waals surface area contributed by atoms with Gasteiger partial charge >= 0.3 is 293 Å². The van der Waals surface area contributed by atoms with Gasteiger partial charge in [0.15, 0.2) is 0 Å². The van der Waals surface area contributed by atoms with Crippen molar-refractivity contribution in [3.05, 3.63) is 0 Å². The molecule has 0 aromatic carbocycles. The van der Waals surface area contributed by atoms with Crippen LogP contribution in [0.1, 0.15) is 0 Å². The maximum atomic E-state index is 8.58. The molecule has 0 spiro atoms. The van der Waals surface area contributed by atoms with Gasteiger partial charge in [0.2, 0.25) is 0 Å². The molecule has 35 heavy (non-hydrogen) atoms. The number of hydrogen-bond donors (Lipinski definition) is 1. The average molecular weight is 943 g/mol. The van der Waals surface area contributed by atoms with Crippen molar-refractivity contribution >= 4 is 0 Å². The van der Waals surface area contributed by atoms with E-state index in [-0.39, 0.29) is 123 Å². The van der Waals surface area contributed by atoms with E-state index in [0.29, 0.717) is 0 Å². The van der Waals surface area contributed by atoms with Crippen molar-refractivity contribution in [2.75, 3.05) is 0 Å². The van der Waals surface area contributed by atoms with Crippen molar-refractivity contribution in [1.82, 2.24) is 0 Å². The van der Waals surface area contributed by atoms with E-state index in [4.69, 9.17) is 88.3 Å². The minimum absolute atomic E-state index is 0. The van der Waals surface area contributed by atoms with Crippen LogP contribution in [-0.4, -0.2) is 4.22 Å². The fraction of sp³-hybridized carbons (Fsp3) is 0. The average Bonchev–Trinajstić information content (AvgIpc) is 2.00. The van der Waals surface area contributed by atoms with Crippen LogP contribution in [0.25, 0.3) is 0 Å². The van der Waals surface area contributed by atoms with Crippen molar-refractivity contribution in [1.29, 1.82) is 0 Å². The molecule has 0 amide bonds. The fourth-order valence-corrected chi connectivity index (χ4v) is 0. The first-order valence-electron chi connectivity index (χ1n) is 3.37. The second kappa shape index (κ2) is 42.7. The van der Waals surface area contributed by atoms with Crippen LogP contribution in [-0.2, 0) is 191 Å². The third-order valence-corrected chi connectivity index (χ3v) is 0. The fourth-order valence-electron chi connectivity index (χ4n) is 0. The minimum atomic E-state index is -5.62.